The summed E-state index contributed by atoms with van der Waals surface area (Å²) in [7, 11) is 0. The summed E-state index contributed by atoms with van der Waals surface area (Å²) in [5, 5.41) is 11.9. The van der Waals surface area contributed by atoms with Gasteiger partial charge in [0.2, 0.25) is 5.91 Å². The van der Waals surface area contributed by atoms with Crippen LogP contribution in [0, 0.1) is 5.92 Å². The van der Waals surface area contributed by atoms with E-state index in [1.807, 2.05) is 24.3 Å². The Morgan fingerprint density at radius 1 is 1.50 bits per heavy atom. The smallest absolute Gasteiger partial charge is 0.326 e. The number of benzene rings is 1. The van der Waals surface area contributed by atoms with E-state index < -0.39 is 12.0 Å². The molecule has 0 aliphatic carbocycles. The Balaban J connectivity index is 1.86. The van der Waals surface area contributed by atoms with Crippen molar-refractivity contribution < 1.29 is 19.4 Å². The normalized spacial score (nSPS) is 19.4. The number of nitrogens with one attached hydrogen (secondary N) is 1. The summed E-state index contributed by atoms with van der Waals surface area (Å²) in [6.45, 7) is 1.05. The molecule has 120 valence electrons. The van der Waals surface area contributed by atoms with Crippen molar-refractivity contribution in [2.45, 2.75) is 23.8 Å². The Labute approximate surface area is 141 Å². The Kier molecular flexibility index (Phi) is 6.72. The van der Waals surface area contributed by atoms with E-state index in [1.165, 1.54) is 11.8 Å². The van der Waals surface area contributed by atoms with Crippen LogP contribution in [0.5, 0.6) is 0 Å². The number of rotatable bonds is 6. The van der Waals surface area contributed by atoms with Crippen LogP contribution in [0.1, 0.15) is 12.8 Å². The lowest BCUT2D eigenvalue weighted by Crippen LogP contribution is -2.48. The second kappa shape index (κ2) is 8.55. The average Bonchev–Trinajstić information content (AvgIpc) is 2.51. The zero-order chi connectivity index (χ0) is 15.9. The molecule has 1 aromatic rings. The van der Waals surface area contributed by atoms with Crippen LogP contribution in [0.15, 0.2) is 33.6 Å². The van der Waals surface area contributed by atoms with Crippen molar-refractivity contribution in [3.05, 3.63) is 28.7 Å². The highest BCUT2D eigenvalue weighted by atomic mass is 79.9. The number of amides is 1. The number of aliphatic carboxylic acids is 1. The third-order valence-electron chi connectivity index (χ3n) is 3.42. The van der Waals surface area contributed by atoms with E-state index in [0.29, 0.717) is 13.2 Å². The van der Waals surface area contributed by atoms with Crippen molar-refractivity contribution in [3.8, 4) is 0 Å². The maximum atomic E-state index is 12.0. The highest BCUT2D eigenvalue weighted by Gasteiger charge is 2.31. The average molecular weight is 388 g/mol. The third-order valence-corrected chi connectivity index (χ3v) is 4.90. The van der Waals surface area contributed by atoms with Gasteiger partial charge in [0.05, 0.1) is 12.4 Å². The summed E-state index contributed by atoms with van der Waals surface area (Å²) >= 11 is 4.75. The van der Waals surface area contributed by atoms with Crippen molar-refractivity contribution in [1.29, 1.82) is 0 Å². The molecule has 2 atom stereocenters. The fourth-order valence-electron chi connectivity index (χ4n) is 2.33. The van der Waals surface area contributed by atoms with Gasteiger partial charge in [-0.3, -0.25) is 4.79 Å². The van der Waals surface area contributed by atoms with E-state index in [0.717, 1.165) is 22.2 Å². The Hall–Kier alpha value is -1.05. The molecule has 0 radical (unpaired) electrons. The van der Waals surface area contributed by atoms with Gasteiger partial charge in [-0.25, -0.2) is 4.79 Å². The fourth-order valence-corrected chi connectivity index (χ4v) is 3.65. The lowest BCUT2D eigenvalue weighted by molar-refractivity contribution is -0.144. The van der Waals surface area contributed by atoms with Crippen molar-refractivity contribution in [2.24, 2.45) is 5.92 Å². The lowest BCUT2D eigenvalue weighted by Gasteiger charge is -2.28. The van der Waals surface area contributed by atoms with Gasteiger partial charge in [-0.15, -0.1) is 11.8 Å². The van der Waals surface area contributed by atoms with Crippen LogP contribution < -0.4 is 5.32 Å². The standard InChI is InChI=1S/C15H18BrNO4S/c16-11-4-1-5-12(7-11)22-9-13(18)17-14(15(19)20)10-3-2-6-21-8-10/h1,4-5,7,10,14H,2-3,6,8-9H2,(H,17,18)(H,19,20). The minimum Gasteiger partial charge on any atom is -0.480 e. The Morgan fingerprint density at radius 3 is 2.95 bits per heavy atom. The van der Waals surface area contributed by atoms with E-state index in [4.69, 9.17) is 4.74 Å². The summed E-state index contributed by atoms with van der Waals surface area (Å²) in [6, 6.07) is 6.75. The van der Waals surface area contributed by atoms with E-state index in [9.17, 15) is 14.7 Å². The molecule has 5 nitrogen and oxygen atoms in total. The number of carboxylic acid groups (broad SMARTS) is 1. The topological polar surface area (TPSA) is 75.6 Å². The summed E-state index contributed by atoms with van der Waals surface area (Å²) in [4.78, 5) is 24.3. The van der Waals surface area contributed by atoms with Crippen LogP contribution >= 0.6 is 27.7 Å². The van der Waals surface area contributed by atoms with E-state index in [1.54, 1.807) is 0 Å². The van der Waals surface area contributed by atoms with Gasteiger partial charge in [0, 0.05) is 21.9 Å². The predicted molar refractivity (Wildman–Crippen MR) is 88.0 cm³/mol. The molecule has 2 unspecified atom stereocenters. The molecule has 2 rings (SSSR count). The van der Waals surface area contributed by atoms with Gasteiger partial charge in [-0.05, 0) is 31.0 Å². The number of hydrogen-bond donors (Lipinski definition) is 2. The van der Waals surface area contributed by atoms with Crippen LogP contribution in [0.4, 0.5) is 0 Å². The van der Waals surface area contributed by atoms with Crippen molar-refractivity contribution >= 4 is 39.6 Å². The molecule has 1 saturated heterocycles. The summed E-state index contributed by atoms with van der Waals surface area (Å²) in [5.74, 6) is -1.25. The monoisotopic (exact) mass is 387 g/mol. The van der Waals surface area contributed by atoms with Gasteiger partial charge in [0.25, 0.3) is 0 Å². The molecule has 2 N–H and O–H groups in total. The van der Waals surface area contributed by atoms with Crippen LogP contribution in [-0.4, -0.2) is 42.0 Å². The molecule has 7 heteroatoms. The first-order valence-corrected chi connectivity index (χ1v) is 8.82. The van der Waals surface area contributed by atoms with Crippen molar-refractivity contribution in [3.63, 3.8) is 0 Å². The fraction of sp³-hybridized carbons (Fsp3) is 0.467. The maximum Gasteiger partial charge on any atom is 0.326 e. The number of carboxylic acids is 1. The molecule has 1 heterocycles. The largest absolute Gasteiger partial charge is 0.480 e. The molecule has 0 spiro atoms. The number of carbonyl (C=O) groups excluding carboxylic acids is 1. The zero-order valence-electron chi connectivity index (χ0n) is 12.0. The second-order valence-corrected chi connectivity index (χ2v) is 7.07. The van der Waals surface area contributed by atoms with Crippen molar-refractivity contribution in [1.82, 2.24) is 5.32 Å². The van der Waals surface area contributed by atoms with Gasteiger partial charge in [0.1, 0.15) is 6.04 Å². The molecule has 0 aromatic heterocycles. The quantitative estimate of drug-likeness (QED) is 0.733. The van der Waals surface area contributed by atoms with Crippen LogP contribution in [0.2, 0.25) is 0 Å². The summed E-state index contributed by atoms with van der Waals surface area (Å²) in [5.41, 5.74) is 0. The molecule has 1 aromatic carbocycles. The van der Waals surface area contributed by atoms with Crippen molar-refractivity contribution in [2.75, 3.05) is 19.0 Å². The molecule has 1 aliphatic heterocycles. The molecular formula is C15H18BrNO4S. The van der Waals surface area contributed by atoms with E-state index >= 15 is 0 Å². The van der Waals surface area contributed by atoms with Gasteiger partial charge >= 0.3 is 5.97 Å². The summed E-state index contributed by atoms with van der Waals surface area (Å²) in [6.07, 6.45) is 1.59. The Morgan fingerprint density at radius 2 is 2.32 bits per heavy atom. The first kappa shape index (κ1) is 17.3. The molecule has 1 fully saturated rings. The lowest BCUT2D eigenvalue weighted by atomic mass is 9.94. The predicted octanol–water partition coefficient (Wildman–Crippen LogP) is 2.54. The molecular weight excluding hydrogens is 370 g/mol. The van der Waals surface area contributed by atoms with E-state index in [-0.39, 0.29) is 17.6 Å². The van der Waals surface area contributed by atoms with Crippen LogP contribution in [0.3, 0.4) is 0 Å². The first-order chi connectivity index (χ1) is 10.6. The van der Waals surface area contributed by atoms with E-state index in [2.05, 4.69) is 21.2 Å². The van der Waals surface area contributed by atoms with Gasteiger partial charge in [-0.2, -0.15) is 0 Å². The van der Waals surface area contributed by atoms with Gasteiger partial charge in [-0.1, -0.05) is 22.0 Å². The molecule has 0 bridgehead atoms. The number of thioether (sulfide) groups is 1. The zero-order valence-corrected chi connectivity index (χ0v) is 14.4. The minimum atomic E-state index is -1.00. The molecule has 1 aliphatic rings. The molecule has 22 heavy (non-hydrogen) atoms. The number of ether oxygens (including phenoxy) is 1. The SMILES string of the molecule is O=C(CSc1cccc(Br)c1)NC(C(=O)O)C1CCCOC1. The van der Waals surface area contributed by atoms with Crippen LogP contribution in [0.25, 0.3) is 0 Å². The summed E-state index contributed by atoms with van der Waals surface area (Å²) < 4.78 is 6.26. The first-order valence-electron chi connectivity index (χ1n) is 7.04. The Bertz CT molecular complexity index is 534. The van der Waals surface area contributed by atoms with Crippen LogP contribution in [-0.2, 0) is 14.3 Å². The number of carbonyl (C=O) groups is 2. The maximum absolute atomic E-state index is 12.0. The van der Waals surface area contributed by atoms with Gasteiger partial charge in [0.15, 0.2) is 0 Å². The second-order valence-electron chi connectivity index (χ2n) is 5.11. The third kappa shape index (κ3) is 5.30. The highest BCUT2D eigenvalue weighted by Crippen LogP contribution is 2.22. The number of hydrogen-bond acceptors (Lipinski definition) is 4. The molecule has 1 amide bonds. The highest BCUT2D eigenvalue weighted by molar-refractivity contribution is 9.10. The van der Waals surface area contributed by atoms with Gasteiger partial charge < -0.3 is 15.2 Å². The minimum absolute atomic E-state index is 0.161. The number of halogens is 1. The molecule has 0 saturated carbocycles.